The van der Waals surface area contributed by atoms with E-state index in [-0.39, 0.29) is 11.1 Å². The van der Waals surface area contributed by atoms with E-state index in [0.717, 1.165) is 24.2 Å². The number of aromatic nitrogens is 3. The van der Waals surface area contributed by atoms with E-state index < -0.39 is 5.54 Å². The van der Waals surface area contributed by atoms with E-state index in [1.165, 1.54) is 18.3 Å². The molecule has 0 bridgehead atoms. The van der Waals surface area contributed by atoms with Crippen LogP contribution in [0.5, 0.6) is 0 Å². The zero-order chi connectivity index (χ0) is 19.4. The van der Waals surface area contributed by atoms with Crippen molar-refractivity contribution in [1.82, 2.24) is 15.0 Å². The number of anilines is 2. The lowest BCUT2D eigenvalue weighted by molar-refractivity contribution is 0.253. The van der Waals surface area contributed by atoms with Gasteiger partial charge in [0.15, 0.2) is 0 Å². The molecule has 0 spiro atoms. The van der Waals surface area contributed by atoms with Gasteiger partial charge < -0.3 is 15.6 Å². The highest BCUT2D eigenvalue weighted by atomic mass is 16.1. The van der Waals surface area contributed by atoms with Crippen LogP contribution in [0.2, 0.25) is 0 Å². The second kappa shape index (κ2) is 6.01. The third-order valence-electron chi connectivity index (χ3n) is 6.32. The number of aromatic amines is 1. The van der Waals surface area contributed by atoms with Gasteiger partial charge in [0.2, 0.25) is 0 Å². The topological polar surface area (TPSA) is 87.9 Å². The predicted octanol–water partition coefficient (Wildman–Crippen LogP) is 3.11. The minimum Gasteiger partial charge on any atom is -0.321 e. The van der Waals surface area contributed by atoms with Crippen LogP contribution in [-0.4, -0.2) is 15.0 Å². The van der Waals surface area contributed by atoms with E-state index in [4.69, 9.17) is 5.73 Å². The number of nitrogens with two attached hydrogens (primary N) is 1. The first-order valence-corrected chi connectivity index (χ1v) is 9.69. The number of fused-ring (bicyclic) bond motifs is 1. The third-order valence-corrected chi connectivity index (χ3v) is 6.32. The van der Waals surface area contributed by atoms with Crippen molar-refractivity contribution in [2.45, 2.75) is 43.7 Å². The Kier molecular flexibility index (Phi) is 3.67. The Bertz CT molecular complexity index is 1070. The Morgan fingerprint density at radius 2 is 1.89 bits per heavy atom. The number of hydrogen-bond acceptors (Lipinski definition) is 5. The van der Waals surface area contributed by atoms with E-state index in [1.54, 1.807) is 6.20 Å². The maximum absolute atomic E-state index is 12.5. The van der Waals surface area contributed by atoms with Crippen LogP contribution in [0.1, 0.15) is 43.0 Å². The molecular weight excluding hydrogens is 350 g/mol. The van der Waals surface area contributed by atoms with E-state index in [2.05, 4.69) is 51.0 Å². The molecule has 6 heteroatoms. The predicted molar refractivity (Wildman–Crippen MR) is 108 cm³/mol. The second-order valence-corrected chi connectivity index (χ2v) is 8.09. The summed E-state index contributed by atoms with van der Waals surface area (Å²) >= 11 is 0. The van der Waals surface area contributed by atoms with Crippen molar-refractivity contribution < 1.29 is 0 Å². The molecule has 1 unspecified atom stereocenters. The minimum atomic E-state index is -0.497. The lowest BCUT2D eigenvalue weighted by Gasteiger charge is -2.39. The van der Waals surface area contributed by atoms with Gasteiger partial charge in [0.25, 0.3) is 5.56 Å². The summed E-state index contributed by atoms with van der Waals surface area (Å²) in [5.41, 5.74) is 9.45. The van der Waals surface area contributed by atoms with Crippen molar-refractivity contribution in [3.63, 3.8) is 0 Å². The van der Waals surface area contributed by atoms with Gasteiger partial charge >= 0.3 is 0 Å². The normalized spacial score (nSPS) is 22.6. The summed E-state index contributed by atoms with van der Waals surface area (Å²) in [6.45, 7) is 2.11. The molecule has 142 valence electrons. The third kappa shape index (κ3) is 2.41. The second-order valence-electron chi connectivity index (χ2n) is 8.09. The largest absolute Gasteiger partial charge is 0.321 e. The fraction of sp³-hybridized carbons (Fsp3) is 0.318. The smallest absolute Gasteiger partial charge is 0.256 e. The monoisotopic (exact) mass is 373 g/mol. The number of nitrogens with zero attached hydrogens (tertiary/aromatic N) is 3. The van der Waals surface area contributed by atoms with Crippen LogP contribution in [-0.2, 0) is 17.5 Å². The van der Waals surface area contributed by atoms with E-state index in [1.807, 2.05) is 18.2 Å². The van der Waals surface area contributed by atoms with Gasteiger partial charge in [0.05, 0.1) is 23.1 Å². The summed E-state index contributed by atoms with van der Waals surface area (Å²) in [5, 5.41) is 0. The summed E-state index contributed by atoms with van der Waals surface area (Å²) in [6.07, 6.45) is 7.05. The lowest BCUT2D eigenvalue weighted by atomic mass is 9.73. The Hall–Kier alpha value is -2.99. The van der Waals surface area contributed by atoms with Crippen LogP contribution in [0, 0.1) is 0 Å². The van der Waals surface area contributed by atoms with Crippen LogP contribution in [0.4, 0.5) is 11.5 Å². The molecule has 2 aromatic heterocycles. The van der Waals surface area contributed by atoms with Gasteiger partial charge in [0.1, 0.15) is 5.82 Å². The van der Waals surface area contributed by atoms with Crippen LogP contribution in [0.25, 0.3) is 0 Å². The van der Waals surface area contributed by atoms with Crippen LogP contribution in [0.3, 0.4) is 0 Å². The highest BCUT2D eigenvalue weighted by Gasteiger charge is 2.45. The minimum absolute atomic E-state index is 0.0957. The number of benzene rings is 1. The summed E-state index contributed by atoms with van der Waals surface area (Å²) in [5.74, 6) is 0.691. The molecule has 1 saturated carbocycles. The van der Waals surface area contributed by atoms with Crippen LogP contribution in [0.15, 0.2) is 59.8 Å². The SMILES string of the molecule is CC1(c2ccccn2)Cc2c(nc[nH]c2=O)N1c1ccc(C2(N)CCC2)cc1. The van der Waals surface area contributed by atoms with Crippen molar-refractivity contribution in [1.29, 1.82) is 0 Å². The molecule has 1 aromatic carbocycles. The van der Waals surface area contributed by atoms with E-state index in [0.29, 0.717) is 17.8 Å². The zero-order valence-electron chi connectivity index (χ0n) is 15.9. The summed E-state index contributed by atoms with van der Waals surface area (Å²) in [4.78, 5) is 26.4. The first kappa shape index (κ1) is 17.1. The highest BCUT2D eigenvalue weighted by molar-refractivity contribution is 5.70. The fourth-order valence-electron chi connectivity index (χ4n) is 4.51. The average Bonchev–Trinajstić information content (AvgIpc) is 3.02. The summed E-state index contributed by atoms with van der Waals surface area (Å²) in [6, 6.07) is 14.3. The molecule has 6 nitrogen and oxygen atoms in total. The molecular formula is C22H23N5O. The van der Waals surface area contributed by atoms with Gasteiger partial charge in [-0.3, -0.25) is 9.78 Å². The molecule has 2 aliphatic rings. The Morgan fingerprint density at radius 3 is 2.54 bits per heavy atom. The quantitative estimate of drug-likeness (QED) is 0.736. The number of hydrogen-bond donors (Lipinski definition) is 2. The maximum Gasteiger partial charge on any atom is 0.256 e. The van der Waals surface area contributed by atoms with Gasteiger partial charge in [-0.15, -0.1) is 0 Å². The van der Waals surface area contributed by atoms with Crippen molar-refractivity contribution in [2.75, 3.05) is 4.90 Å². The molecule has 3 heterocycles. The van der Waals surface area contributed by atoms with Gasteiger partial charge in [0, 0.05) is 23.8 Å². The van der Waals surface area contributed by atoms with Crippen molar-refractivity contribution in [3.8, 4) is 0 Å². The Labute approximate surface area is 163 Å². The van der Waals surface area contributed by atoms with Crippen LogP contribution < -0.4 is 16.2 Å². The highest BCUT2D eigenvalue weighted by Crippen LogP contribution is 2.47. The number of rotatable bonds is 3. The summed E-state index contributed by atoms with van der Waals surface area (Å²) in [7, 11) is 0. The molecule has 3 N–H and O–H groups in total. The van der Waals surface area contributed by atoms with E-state index >= 15 is 0 Å². The number of H-pyrrole nitrogens is 1. The molecule has 5 rings (SSSR count). The van der Waals surface area contributed by atoms with Crippen molar-refractivity contribution in [3.05, 3.63) is 82.2 Å². The molecule has 0 radical (unpaired) electrons. The first-order chi connectivity index (χ1) is 13.5. The van der Waals surface area contributed by atoms with E-state index in [9.17, 15) is 4.79 Å². The lowest BCUT2D eigenvalue weighted by Crippen LogP contribution is -2.43. The fourth-order valence-corrected chi connectivity index (χ4v) is 4.51. The molecule has 1 aliphatic heterocycles. The molecule has 28 heavy (non-hydrogen) atoms. The van der Waals surface area contributed by atoms with Gasteiger partial charge in [-0.1, -0.05) is 18.2 Å². The van der Waals surface area contributed by atoms with Gasteiger partial charge in [-0.25, -0.2) is 4.98 Å². The molecule has 1 aliphatic carbocycles. The number of pyridine rings is 1. The number of nitrogens with one attached hydrogen (secondary N) is 1. The molecule has 1 atom stereocenters. The van der Waals surface area contributed by atoms with Gasteiger partial charge in [-0.2, -0.15) is 0 Å². The first-order valence-electron chi connectivity index (χ1n) is 9.69. The van der Waals surface area contributed by atoms with Crippen molar-refractivity contribution >= 4 is 11.5 Å². The Balaban J connectivity index is 1.64. The van der Waals surface area contributed by atoms with Gasteiger partial charge in [-0.05, 0) is 56.0 Å². The standard InChI is InChI=1S/C22H23N5O/c1-21(18-5-2-3-12-24-18)13-17-19(25-14-26-20(17)28)27(21)16-8-6-15(7-9-16)22(23)10-4-11-22/h2-3,5-9,12,14H,4,10-11,13,23H2,1H3,(H,25,26,28). The van der Waals surface area contributed by atoms with Crippen LogP contribution >= 0.6 is 0 Å². The maximum atomic E-state index is 12.5. The molecule has 0 saturated heterocycles. The average molecular weight is 373 g/mol. The zero-order valence-corrected chi connectivity index (χ0v) is 15.9. The molecule has 3 aromatic rings. The van der Waals surface area contributed by atoms with Crippen molar-refractivity contribution in [2.24, 2.45) is 5.73 Å². The molecule has 0 amide bonds. The molecule has 1 fully saturated rings. The Morgan fingerprint density at radius 1 is 1.11 bits per heavy atom. The summed E-state index contributed by atoms with van der Waals surface area (Å²) < 4.78 is 0.